The van der Waals surface area contributed by atoms with E-state index in [0.717, 1.165) is 28.2 Å². The molecule has 3 aromatic rings. The average Bonchev–Trinajstić information content (AvgIpc) is 3.55. The van der Waals surface area contributed by atoms with Gasteiger partial charge in [0, 0.05) is 12.1 Å². The van der Waals surface area contributed by atoms with Gasteiger partial charge in [-0.25, -0.2) is 9.69 Å². The quantitative estimate of drug-likeness (QED) is 0.495. The lowest BCUT2D eigenvalue weighted by Gasteiger charge is -2.35. The summed E-state index contributed by atoms with van der Waals surface area (Å²) in [6.07, 6.45) is -4.14. The zero-order chi connectivity index (χ0) is 25.2. The molecule has 3 fully saturated rings. The molecule has 0 N–H and O–H groups in total. The SMILES string of the molecule is O=C1[C@H]2C3CC(CN3C(=O)c3ccc(-c4ccccc4)cc3)N2C(=O)N1c1cccc(C(F)(F)F)c1. The number of rotatable bonds is 3. The van der Waals surface area contributed by atoms with Crippen molar-refractivity contribution in [1.82, 2.24) is 9.80 Å². The fraction of sp³-hybridized carbons (Fsp3) is 0.222. The third-order valence-corrected chi connectivity index (χ3v) is 7.20. The number of carbonyl (C=O) groups is 3. The molecular weight excluding hydrogens is 471 g/mol. The Morgan fingerprint density at radius 2 is 1.56 bits per heavy atom. The second-order valence-corrected chi connectivity index (χ2v) is 9.21. The van der Waals surface area contributed by atoms with Crippen LogP contribution in [0.2, 0.25) is 0 Å². The van der Waals surface area contributed by atoms with E-state index in [-0.39, 0.29) is 24.2 Å². The summed E-state index contributed by atoms with van der Waals surface area (Å²) in [5.41, 5.74) is 1.40. The number of carbonyl (C=O) groups excluding carboxylic acids is 3. The Morgan fingerprint density at radius 3 is 2.25 bits per heavy atom. The highest BCUT2D eigenvalue weighted by Gasteiger charge is 2.63. The van der Waals surface area contributed by atoms with Gasteiger partial charge in [-0.15, -0.1) is 0 Å². The molecule has 3 heterocycles. The Morgan fingerprint density at radius 1 is 0.861 bits per heavy atom. The van der Waals surface area contributed by atoms with E-state index < -0.39 is 35.8 Å². The van der Waals surface area contributed by atoms with Crippen LogP contribution in [0.1, 0.15) is 22.3 Å². The molecule has 0 saturated carbocycles. The summed E-state index contributed by atoms with van der Waals surface area (Å²) in [5, 5.41) is 0. The summed E-state index contributed by atoms with van der Waals surface area (Å²) in [4.78, 5) is 43.6. The first-order valence-electron chi connectivity index (χ1n) is 11.5. The summed E-state index contributed by atoms with van der Waals surface area (Å²) in [5.74, 6) is -0.844. The molecule has 36 heavy (non-hydrogen) atoms. The standard InChI is InChI=1S/C27H20F3N3O3/c28-27(29,30)19-7-4-8-20(13-19)33-25(35)23-22-14-21(32(23)26(33)36)15-31(22)24(34)18-11-9-17(10-12-18)16-5-2-1-3-6-16/h1-13,21-23H,14-15H2/t21?,22?,23-/m1/s1. The van der Waals surface area contributed by atoms with Gasteiger partial charge in [-0.05, 0) is 47.9 Å². The van der Waals surface area contributed by atoms with E-state index in [1.807, 2.05) is 42.5 Å². The van der Waals surface area contributed by atoms with Gasteiger partial charge in [-0.3, -0.25) is 9.59 Å². The Hall–Kier alpha value is -4.14. The Bertz CT molecular complexity index is 1370. The third kappa shape index (κ3) is 3.37. The maximum absolute atomic E-state index is 13.3. The highest BCUT2D eigenvalue weighted by atomic mass is 19.4. The van der Waals surface area contributed by atoms with Crippen LogP contribution in [0.4, 0.5) is 23.7 Å². The highest BCUT2D eigenvalue weighted by molar-refractivity contribution is 6.22. The fourth-order valence-corrected chi connectivity index (χ4v) is 5.55. The molecule has 0 aromatic heterocycles. The van der Waals surface area contributed by atoms with Crippen molar-refractivity contribution in [2.75, 3.05) is 11.4 Å². The number of alkyl halides is 3. The molecule has 6 rings (SSSR count). The molecular formula is C27H20F3N3O3. The molecule has 0 radical (unpaired) electrons. The molecule has 182 valence electrons. The van der Waals surface area contributed by atoms with E-state index in [4.69, 9.17) is 0 Å². The van der Waals surface area contributed by atoms with Crippen LogP contribution in [0.3, 0.4) is 0 Å². The van der Waals surface area contributed by atoms with Crippen molar-refractivity contribution in [2.45, 2.75) is 30.7 Å². The lowest BCUT2D eigenvalue weighted by molar-refractivity contribution is -0.137. The van der Waals surface area contributed by atoms with Gasteiger partial charge in [0.05, 0.1) is 23.3 Å². The van der Waals surface area contributed by atoms with Crippen LogP contribution in [0, 0.1) is 0 Å². The number of hydrogen-bond donors (Lipinski definition) is 0. The van der Waals surface area contributed by atoms with Crippen LogP contribution in [-0.4, -0.2) is 52.3 Å². The second-order valence-electron chi connectivity index (χ2n) is 9.21. The Kier molecular flexibility index (Phi) is 4.93. The average molecular weight is 491 g/mol. The van der Waals surface area contributed by atoms with Crippen LogP contribution in [-0.2, 0) is 11.0 Å². The number of imide groups is 1. The van der Waals surface area contributed by atoms with Gasteiger partial charge in [-0.2, -0.15) is 13.2 Å². The minimum Gasteiger partial charge on any atom is -0.331 e. The van der Waals surface area contributed by atoms with E-state index >= 15 is 0 Å². The van der Waals surface area contributed by atoms with Crippen LogP contribution >= 0.6 is 0 Å². The number of nitrogens with zero attached hydrogens (tertiary/aromatic N) is 3. The number of hydrogen-bond acceptors (Lipinski definition) is 3. The van der Waals surface area contributed by atoms with Gasteiger partial charge in [0.1, 0.15) is 6.04 Å². The zero-order valence-corrected chi connectivity index (χ0v) is 18.9. The molecule has 4 amide bonds. The van der Waals surface area contributed by atoms with Gasteiger partial charge in [0.15, 0.2) is 0 Å². The van der Waals surface area contributed by atoms with Crippen LogP contribution < -0.4 is 4.90 Å². The monoisotopic (exact) mass is 491 g/mol. The minimum atomic E-state index is -4.60. The first-order valence-corrected chi connectivity index (χ1v) is 11.5. The number of benzene rings is 3. The maximum atomic E-state index is 13.3. The van der Waals surface area contributed by atoms with Crippen molar-refractivity contribution >= 4 is 23.5 Å². The van der Waals surface area contributed by atoms with Crippen molar-refractivity contribution in [1.29, 1.82) is 0 Å². The van der Waals surface area contributed by atoms with E-state index in [2.05, 4.69) is 0 Å². The van der Waals surface area contributed by atoms with E-state index in [0.29, 0.717) is 12.0 Å². The number of fused-ring (bicyclic) bond motifs is 5. The van der Waals surface area contributed by atoms with Gasteiger partial charge in [0.2, 0.25) is 0 Å². The van der Waals surface area contributed by atoms with Crippen LogP contribution in [0.25, 0.3) is 11.1 Å². The third-order valence-electron chi connectivity index (χ3n) is 7.20. The van der Waals surface area contributed by atoms with Crippen molar-refractivity contribution < 1.29 is 27.6 Å². The van der Waals surface area contributed by atoms with E-state index in [1.165, 1.54) is 17.0 Å². The van der Waals surface area contributed by atoms with Gasteiger partial charge in [-0.1, -0.05) is 48.5 Å². The minimum absolute atomic E-state index is 0.122. The Balaban J connectivity index is 1.24. The van der Waals surface area contributed by atoms with Crippen LogP contribution in [0.5, 0.6) is 0 Å². The molecule has 2 unspecified atom stereocenters. The van der Waals surface area contributed by atoms with E-state index in [1.54, 1.807) is 17.0 Å². The molecule has 0 spiro atoms. The van der Waals surface area contributed by atoms with Crippen molar-refractivity contribution in [3.8, 4) is 11.1 Å². The predicted octanol–water partition coefficient (Wildman–Crippen LogP) is 4.81. The summed E-state index contributed by atoms with van der Waals surface area (Å²) in [6.45, 7) is 0.274. The van der Waals surface area contributed by atoms with Crippen LogP contribution in [0.15, 0.2) is 78.9 Å². The molecule has 3 aliphatic heterocycles. The smallest absolute Gasteiger partial charge is 0.331 e. The molecule has 3 aliphatic rings. The largest absolute Gasteiger partial charge is 0.416 e. The molecule has 3 atom stereocenters. The second kappa shape index (κ2) is 7.94. The summed E-state index contributed by atoms with van der Waals surface area (Å²) < 4.78 is 39.6. The lowest BCUT2D eigenvalue weighted by atomic mass is 10.0. The number of piperazine rings is 1. The Labute approximate surface area is 204 Å². The van der Waals surface area contributed by atoms with Crippen molar-refractivity contribution in [3.05, 3.63) is 90.0 Å². The predicted molar refractivity (Wildman–Crippen MR) is 125 cm³/mol. The number of amides is 4. The maximum Gasteiger partial charge on any atom is 0.416 e. The van der Waals surface area contributed by atoms with E-state index in [9.17, 15) is 27.6 Å². The summed E-state index contributed by atoms with van der Waals surface area (Å²) >= 11 is 0. The summed E-state index contributed by atoms with van der Waals surface area (Å²) in [7, 11) is 0. The number of urea groups is 1. The van der Waals surface area contributed by atoms with Gasteiger partial charge < -0.3 is 9.80 Å². The highest BCUT2D eigenvalue weighted by Crippen LogP contribution is 2.43. The normalized spacial score (nSPS) is 23.0. The number of anilines is 1. The van der Waals surface area contributed by atoms with Gasteiger partial charge >= 0.3 is 12.2 Å². The summed E-state index contributed by atoms with van der Waals surface area (Å²) in [6, 6.07) is 18.7. The molecule has 0 aliphatic carbocycles. The first-order chi connectivity index (χ1) is 17.2. The topological polar surface area (TPSA) is 60.9 Å². The van der Waals surface area contributed by atoms with Crippen molar-refractivity contribution in [2.24, 2.45) is 0 Å². The zero-order valence-electron chi connectivity index (χ0n) is 18.9. The molecule has 6 nitrogen and oxygen atoms in total. The number of halogens is 3. The molecule has 3 saturated heterocycles. The molecule has 3 aromatic carbocycles. The lowest BCUT2D eigenvalue weighted by Crippen LogP contribution is -2.54. The number of likely N-dealkylation sites (tertiary alicyclic amines) is 1. The van der Waals surface area contributed by atoms with Gasteiger partial charge in [0.25, 0.3) is 11.8 Å². The first kappa shape index (κ1) is 22.3. The molecule has 9 heteroatoms. The fourth-order valence-electron chi connectivity index (χ4n) is 5.55. The molecule has 2 bridgehead atoms. The van der Waals surface area contributed by atoms with Crippen molar-refractivity contribution in [3.63, 3.8) is 0 Å².